The molecule has 1 unspecified atom stereocenters. The molecule has 6 nitrogen and oxygen atoms in total. The first kappa shape index (κ1) is 15.6. The van der Waals surface area contributed by atoms with E-state index in [1.165, 1.54) is 16.2 Å². The molecule has 0 saturated carbocycles. The molecule has 0 bridgehead atoms. The third-order valence-electron chi connectivity index (χ3n) is 4.25. The van der Waals surface area contributed by atoms with Gasteiger partial charge in [0.05, 0.1) is 6.26 Å². The van der Waals surface area contributed by atoms with Crippen LogP contribution < -0.4 is 0 Å². The van der Waals surface area contributed by atoms with Gasteiger partial charge in [0.25, 0.3) is 5.91 Å². The van der Waals surface area contributed by atoms with E-state index < -0.39 is 12.0 Å². The third kappa shape index (κ3) is 2.83. The summed E-state index contributed by atoms with van der Waals surface area (Å²) < 4.78 is 5.29. The molecule has 0 aliphatic carbocycles. The summed E-state index contributed by atoms with van der Waals surface area (Å²) in [5.74, 6) is -0.803. The molecule has 0 fully saturated rings. The maximum atomic E-state index is 12.9. The molecule has 1 aliphatic heterocycles. The fourth-order valence-corrected chi connectivity index (χ4v) is 3.75. The summed E-state index contributed by atoms with van der Waals surface area (Å²) in [6.45, 7) is 0.263. The number of aromatic nitrogens is 1. The monoisotopic (exact) mass is 354 g/mol. The minimum Gasteiger partial charge on any atom is -0.480 e. The van der Waals surface area contributed by atoms with Crippen molar-refractivity contribution < 1.29 is 19.1 Å². The number of rotatable bonds is 3. The Bertz CT molecular complexity index is 932. The Labute approximate surface area is 147 Å². The first-order chi connectivity index (χ1) is 12.1. The quantitative estimate of drug-likeness (QED) is 0.781. The van der Waals surface area contributed by atoms with Gasteiger partial charge in [-0.1, -0.05) is 24.3 Å². The molecule has 1 atom stereocenters. The average Bonchev–Trinajstić information content (AvgIpc) is 3.31. The molecule has 1 aliphatic rings. The Kier molecular flexibility index (Phi) is 3.85. The van der Waals surface area contributed by atoms with Gasteiger partial charge >= 0.3 is 5.97 Å². The van der Waals surface area contributed by atoms with Crippen LogP contribution in [0.3, 0.4) is 0 Å². The van der Waals surface area contributed by atoms with E-state index in [0.29, 0.717) is 17.2 Å². The predicted octanol–water partition coefficient (Wildman–Crippen LogP) is 3.05. The van der Waals surface area contributed by atoms with E-state index in [9.17, 15) is 14.7 Å². The van der Waals surface area contributed by atoms with E-state index in [4.69, 9.17) is 4.42 Å². The molecule has 3 heterocycles. The lowest BCUT2D eigenvalue weighted by Crippen LogP contribution is -2.48. The number of benzene rings is 1. The Morgan fingerprint density at radius 1 is 1.20 bits per heavy atom. The Morgan fingerprint density at radius 2 is 2.00 bits per heavy atom. The fourth-order valence-electron chi connectivity index (χ4n) is 2.99. The van der Waals surface area contributed by atoms with E-state index in [1.54, 1.807) is 23.8 Å². The normalized spacial score (nSPS) is 16.5. The second-order valence-electron chi connectivity index (χ2n) is 5.78. The summed E-state index contributed by atoms with van der Waals surface area (Å²) in [5, 5.41) is 11.8. The number of amides is 1. The number of furan rings is 1. The number of carboxylic acids is 1. The van der Waals surface area contributed by atoms with Gasteiger partial charge in [-0.15, -0.1) is 11.3 Å². The van der Waals surface area contributed by atoms with Crippen LogP contribution in [-0.2, 0) is 17.8 Å². The molecule has 0 radical (unpaired) electrons. The summed E-state index contributed by atoms with van der Waals surface area (Å²) in [4.78, 5) is 30.3. The second kappa shape index (κ2) is 6.18. The molecule has 1 amide bonds. The van der Waals surface area contributed by atoms with Crippen LogP contribution in [0.2, 0.25) is 0 Å². The first-order valence-corrected chi connectivity index (χ1v) is 8.61. The van der Waals surface area contributed by atoms with Gasteiger partial charge in [-0.2, -0.15) is 0 Å². The zero-order valence-corrected chi connectivity index (χ0v) is 13.9. The minimum atomic E-state index is -1.01. The Morgan fingerprint density at radius 3 is 2.72 bits per heavy atom. The number of thiazole rings is 1. The van der Waals surface area contributed by atoms with Crippen molar-refractivity contribution in [2.24, 2.45) is 0 Å². The molecule has 0 saturated heterocycles. The maximum absolute atomic E-state index is 12.9. The molecule has 3 aromatic rings. The standard InChI is InChI=1S/C18H14N2O4S/c21-17(13-10-25-16(19-13)15-6-3-7-24-15)20-9-12-5-2-1-4-11(12)8-14(20)18(22)23/h1-7,10,14H,8-9H2,(H,22,23). The topological polar surface area (TPSA) is 83.6 Å². The average molecular weight is 354 g/mol. The number of hydrogen-bond acceptors (Lipinski definition) is 5. The van der Waals surface area contributed by atoms with Gasteiger partial charge in [-0.25, -0.2) is 9.78 Å². The van der Waals surface area contributed by atoms with Gasteiger partial charge in [0.1, 0.15) is 11.7 Å². The summed E-state index contributed by atoms with van der Waals surface area (Å²) in [7, 11) is 0. The Hall–Kier alpha value is -2.93. The second-order valence-corrected chi connectivity index (χ2v) is 6.63. The number of aliphatic carboxylic acids is 1. The molecular weight excluding hydrogens is 340 g/mol. The van der Waals surface area contributed by atoms with Crippen LogP contribution in [0, 0.1) is 0 Å². The third-order valence-corrected chi connectivity index (χ3v) is 5.11. The fraction of sp³-hybridized carbons (Fsp3) is 0.167. The van der Waals surface area contributed by atoms with Crippen LogP contribution >= 0.6 is 11.3 Å². The summed E-state index contributed by atoms with van der Waals surface area (Å²) in [6, 6.07) is 10.2. The van der Waals surface area contributed by atoms with Crippen molar-refractivity contribution in [3.05, 3.63) is 64.9 Å². The molecule has 1 aromatic carbocycles. The van der Waals surface area contributed by atoms with E-state index >= 15 is 0 Å². The molecule has 1 N–H and O–H groups in total. The largest absolute Gasteiger partial charge is 0.480 e. The predicted molar refractivity (Wildman–Crippen MR) is 91.3 cm³/mol. The smallest absolute Gasteiger partial charge is 0.326 e. The van der Waals surface area contributed by atoms with Crippen molar-refractivity contribution in [2.75, 3.05) is 0 Å². The van der Waals surface area contributed by atoms with Crippen LogP contribution in [-0.4, -0.2) is 32.9 Å². The van der Waals surface area contributed by atoms with Crippen molar-refractivity contribution >= 4 is 23.2 Å². The number of fused-ring (bicyclic) bond motifs is 1. The lowest BCUT2D eigenvalue weighted by Gasteiger charge is -2.34. The van der Waals surface area contributed by atoms with Gasteiger partial charge in [0.2, 0.25) is 0 Å². The molecular formula is C18H14N2O4S. The zero-order chi connectivity index (χ0) is 17.4. The van der Waals surface area contributed by atoms with Crippen molar-refractivity contribution in [3.8, 4) is 10.8 Å². The van der Waals surface area contributed by atoms with Crippen LogP contribution in [0.15, 0.2) is 52.5 Å². The first-order valence-electron chi connectivity index (χ1n) is 7.73. The number of nitrogens with zero attached hydrogens (tertiary/aromatic N) is 2. The maximum Gasteiger partial charge on any atom is 0.326 e. The summed E-state index contributed by atoms with van der Waals surface area (Å²) >= 11 is 1.30. The van der Waals surface area contributed by atoms with Crippen molar-refractivity contribution in [1.82, 2.24) is 9.88 Å². The van der Waals surface area contributed by atoms with E-state index in [-0.39, 0.29) is 18.1 Å². The van der Waals surface area contributed by atoms with Gasteiger partial charge < -0.3 is 14.4 Å². The summed E-state index contributed by atoms with van der Waals surface area (Å²) in [6.07, 6.45) is 1.84. The van der Waals surface area contributed by atoms with Crippen LogP contribution in [0.4, 0.5) is 0 Å². The number of carbonyl (C=O) groups excluding carboxylic acids is 1. The van der Waals surface area contributed by atoms with E-state index in [1.807, 2.05) is 24.3 Å². The van der Waals surface area contributed by atoms with E-state index in [0.717, 1.165) is 11.1 Å². The molecule has 2 aromatic heterocycles. The molecule has 0 spiro atoms. The summed E-state index contributed by atoms with van der Waals surface area (Å²) in [5.41, 5.74) is 2.17. The van der Waals surface area contributed by atoms with Gasteiger partial charge in [0, 0.05) is 18.3 Å². The molecule has 4 rings (SSSR count). The zero-order valence-electron chi connectivity index (χ0n) is 13.1. The number of carbonyl (C=O) groups is 2. The lowest BCUT2D eigenvalue weighted by molar-refractivity contribution is -0.142. The molecule has 25 heavy (non-hydrogen) atoms. The van der Waals surface area contributed by atoms with Crippen molar-refractivity contribution in [1.29, 1.82) is 0 Å². The molecule has 126 valence electrons. The van der Waals surface area contributed by atoms with Crippen molar-refractivity contribution in [3.63, 3.8) is 0 Å². The SMILES string of the molecule is O=C(O)C1Cc2ccccc2CN1C(=O)c1csc(-c2ccco2)n1. The highest BCUT2D eigenvalue weighted by Crippen LogP contribution is 2.28. The Balaban J connectivity index is 1.65. The highest BCUT2D eigenvalue weighted by atomic mass is 32.1. The van der Waals surface area contributed by atoms with Gasteiger partial charge in [-0.05, 0) is 23.3 Å². The highest BCUT2D eigenvalue weighted by Gasteiger charge is 2.35. The van der Waals surface area contributed by atoms with Gasteiger partial charge in [0.15, 0.2) is 10.8 Å². The van der Waals surface area contributed by atoms with Gasteiger partial charge in [-0.3, -0.25) is 4.79 Å². The molecule has 7 heteroatoms. The van der Waals surface area contributed by atoms with E-state index in [2.05, 4.69) is 4.98 Å². The minimum absolute atomic E-state index is 0.238. The van der Waals surface area contributed by atoms with Crippen LogP contribution in [0.1, 0.15) is 21.6 Å². The van der Waals surface area contributed by atoms with Crippen LogP contribution in [0.5, 0.6) is 0 Å². The van der Waals surface area contributed by atoms with Crippen LogP contribution in [0.25, 0.3) is 10.8 Å². The lowest BCUT2D eigenvalue weighted by atomic mass is 9.94. The van der Waals surface area contributed by atoms with Crippen molar-refractivity contribution in [2.45, 2.75) is 19.0 Å². The number of hydrogen-bond donors (Lipinski definition) is 1. The highest BCUT2D eigenvalue weighted by molar-refractivity contribution is 7.13. The number of carboxylic acid groups (broad SMARTS) is 1.